The van der Waals surface area contributed by atoms with Crippen LogP contribution in [0.1, 0.15) is 0 Å². The maximum absolute atomic E-state index is 12.3. The lowest BCUT2D eigenvalue weighted by atomic mass is 10.2. The van der Waals surface area contributed by atoms with Gasteiger partial charge in [-0.25, -0.2) is 13.4 Å². The van der Waals surface area contributed by atoms with Crippen LogP contribution in [-0.4, -0.2) is 18.4 Å². The number of pyridine rings is 2. The number of hydrogen-bond acceptors (Lipinski definition) is 4. The number of para-hydroxylation sites is 1. The number of nitrogens with zero attached hydrogens (tertiary/aromatic N) is 2. The van der Waals surface area contributed by atoms with Crippen molar-refractivity contribution in [1.29, 1.82) is 0 Å². The Labute approximate surface area is 126 Å². The van der Waals surface area contributed by atoms with Gasteiger partial charge in [0, 0.05) is 11.6 Å². The smallest absolute Gasteiger partial charge is 0.265 e. The van der Waals surface area contributed by atoms with Gasteiger partial charge in [-0.3, -0.25) is 9.71 Å². The normalized spacial score (nSPS) is 11.5. The molecular formula is C14H10ClN3O2S. The highest BCUT2D eigenvalue weighted by Gasteiger charge is 2.18. The van der Waals surface area contributed by atoms with Crippen molar-refractivity contribution in [3.8, 4) is 0 Å². The molecule has 0 aliphatic carbocycles. The second-order valence-corrected chi connectivity index (χ2v) is 6.32. The summed E-state index contributed by atoms with van der Waals surface area (Å²) in [6.07, 6.45) is 2.89. The third-order valence-electron chi connectivity index (χ3n) is 2.86. The van der Waals surface area contributed by atoms with Crippen molar-refractivity contribution in [1.82, 2.24) is 9.97 Å². The predicted molar refractivity (Wildman–Crippen MR) is 81.8 cm³/mol. The van der Waals surface area contributed by atoms with Gasteiger partial charge in [0.05, 0.1) is 17.4 Å². The molecule has 3 rings (SSSR count). The number of sulfonamides is 1. The molecular weight excluding hydrogens is 310 g/mol. The van der Waals surface area contributed by atoms with Crippen LogP contribution in [0.3, 0.4) is 0 Å². The first-order valence-electron chi connectivity index (χ1n) is 6.04. The molecule has 0 amide bonds. The van der Waals surface area contributed by atoms with Crippen LogP contribution in [0.25, 0.3) is 10.9 Å². The van der Waals surface area contributed by atoms with E-state index in [0.717, 1.165) is 10.9 Å². The van der Waals surface area contributed by atoms with Gasteiger partial charge in [-0.2, -0.15) is 0 Å². The fraction of sp³-hybridized carbons (Fsp3) is 0. The van der Waals surface area contributed by atoms with Crippen LogP contribution in [0.5, 0.6) is 0 Å². The Morgan fingerprint density at radius 2 is 1.86 bits per heavy atom. The van der Waals surface area contributed by atoms with Gasteiger partial charge in [0.1, 0.15) is 10.0 Å². The van der Waals surface area contributed by atoms with E-state index in [1.807, 2.05) is 24.3 Å². The van der Waals surface area contributed by atoms with Gasteiger partial charge >= 0.3 is 0 Å². The Kier molecular flexibility index (Phi) is 3.48. The lowest BCUT2D eigenvalue weighted by Crippen LogP contribution is -2.14. The van der Waals surface area contributed by atoms with E-state index >= 15 is 0 Å². The molecule has 0 bridgehead atoms. The molecule has 2 aromatic heterocycles. The molecule has 0 radical (unpaired) electrons. The Balaban J connectivity index is 1.99. The van der Waals surface area contributed by atoms with Crippen LogP contribution in [0, 0.1) is 0 Å². The molecule has 0 spiro atoms. The molecule has 1 N–H and O–H groups in total. The van der Waals surface area contributed by atoms with Gasteiger partial charge in [-0.15, -0.1) is 0 Å². The van der Waals surface area contributed by atoms with Crippen molar-refractivity contribution in [2.45, 2.75) is 4.90 Å². The molecule has 2 heterocycles. The van der Waals surface area contributed by atoms with E-state index in [2.05, 4.69) is 14.7 Å². The van der Waals surface area contributed by atoms with E-state index in [-0.39, 0.29) is 10.0 Å². The van der Waals surface area contributed by atoms with Gasteiger partial charge in [0.25, 0.3) is 10.0 Å². The standard InChI is InChI=1S/C14H10ClN3O2S/c15-14-13(6-3-7-16-14)21(19,20)18-11-8-10-4-1-2-5-12(10)17-9-11/h1-9,18H. The van der Waals surface area contributed by atoms with Gasteiger partial charge < -0.3 is 0 Å². The zero-order valence-corrected chi connectivity index (χ0v) is 12.3. The second-order valence-electron chi connectivity index (χ2n) is 4.31. The number of nitrogens with one attached hydrogen (secondary N) is 1. The number of fused-ring (bicyclic) bond motifs is 1. The van der Waals surface area contributed by atoms with Crippen LogP contribution in [-0.2, 0) is 10.0 Å². The SMILES string of the molecule is O=S(=O)(Nc1cnc2ccccc2c1)c1cccnc1Cl. The lowest BCUT2D eigenvalue weighted by Gasteiger charge is -2.09. The van der Waals surface area contributed by atoms with E-state index < -0.39 is 10.0 Å². The molecule has 0 aliphatic heterocycles. The Hall–Kier alpha value is -2.18. The topological polar surface area (TPSA) is 72.0 Å². The van der Waals surface area contributed by atoms with E-state index in [0.29, 0.717) is 5.69 Å². The van der Waals surface area contributed by atoms with Crippen LogP contribution in [0.4, 0.5) is 5.69 Å². The van der Waals surface area contributed by atoms with Crippen LogP contribution >= 0.6 is 11.6 Å². The minimum atomic E-state index is -3.80. The van der Waals surface area contributed by atoms with Crippen LogP contribution in [0.15, 0.2) is 59.8 Å². The van der Waals surface area contributed by atoms with Crippen molar-refractivity contribution in [3.63, 3.8) is 0 Å². The Morgan fingerprint density at radius 1 is 1.05 bits per heavy atom. The lowest BCUT2D eigenvalue weighted by molar-refractivity contribution is 0.601. The molecule has 0 saturated carbocycles. The Bertz CT molecular complexity index is 913. The largest absolute Gasteiger partial charge is 0.278 e. The molecule has 5 nitrogen and oxygen atoms in total. The monoisotopic (exact) mass is 319 g/mol. The summed E-state index contributed by atoms with van der Waals surface area (Å²) in [4.78, 5) is 7.90. The Morgan fingerprint density at radius 3 is 2.67 bits per heavy atom. The minimum absolute atomic E-state index is 0.0696. The van der Waals surface area contributed by atoms with E-state index in [1.165, 1.54) is 24.5 Å². The molecule has 21 heavy (non-hydrogen) atoms. The van der Waals surface area contributed by atoms with Crippen molar-refractivity contribution in [3.05, 3.63) is 60.0 Å². The molecule has 106 valence electrons. The van der Waals surface area contributed by atoms with Crippen LogP contribution < -0.4 is 4.72 Å². The van der Waals surface area contributed by atoms with Crippen LogP contribution in [0.2, 0.25) is 5.15 Å². The summed E-state index contributed by atoms with van der Waals surface area (Å²) in [6.45, 7) is 0. The average molecular weight is 320 g/mol. The molecule has 0 unspecified atom stereocenters. The highest BCUT2D eigenvalue weighted by molar-refractivity contribution is 7.92. The van der Waals surface area contributed by atoms with Gasteiger partial charge in [0.15, 0.2) is 0 Å². The van der Waals surface area contributed by atoms with E-state index in [4.69, 9.17) is 11.6 Å². The number of aromatic nitrogens is 2. The molecule has 3 aromatic rings. The molecule has 0 fully saturated rings. The molecule has 0 atom stereocenters. The highest BCUT2D eigenvalue weighted by atomic mass is 35.5. The zero-order valence-electron chi connectivity index (χ0n) is 10.7. The minimum Gasteiger partial charge on any atom is -0.278 e. The van der Waals surface area contributed by atoms with Crippen molar-refractivity contribution in [2.24, 2.45) is 0 Å². The summed E-state index contributed by atoms with van der Waals surface area (Å²) in [5.74, 6) is 0. The number of anilines is 1. The number of benzene rings is 1. The first kappa shape index (κ1) is 13.8. The summed E-state index contributed by atoms with van der Waals surface area (Å²) in [5, 5.41) is 0.772. The van der Waals surface area contributed by atoms with Crippen molar-refractivity contribution >= 4 is 38.2 Å². The number of halogens is 1. The fourth-order valence-electron chi connectivity index (χ4n) is 1.91. The quantitative estimate of drug-likeness (QED) is 0.753. The van der Waals surface area contributed by atoms with E-state index in [9.17, 15) is 8.42 Å². The van der Waals surface area contributed by atoms with Crippen molar-refractivity contribution in [2.75, 3.05) is 4.72 Å². The first-order valence-corrected chi connectivity index (χ1v) is 7.90. The summed E-state index contributed by atoms with van der Waals surface area (Å²) in [6, 6.07) is 12.1. The summed E-state index contributed by atoms with van der Waals surface area (Å²) in [7, 11) is -3.80. The third-order valence-corrected chi connectivity index (χ3v) is 4.68. The number of hydrogen-bond donors (Lipinski definition) is 1. The maximum atomic E-state index is 12.3. The summed E-state index contributed by atoms with van der Waals surface area (Å²) < 4.78 is 27.0. The van der Waals surface area contributed by atoms with Gasteiger partial charge in [-0.05, 0) is 24.3 Å². The zero-order chi connectivity index (χ0) is 14.9. The highest BCUT2D eigenvalue weighted by Crippen LogP contribution is 2.22. The second kappa shape index (κ2) is 5.31. The first-order chi connectivity index (χ1) is 10.1. The molecule has 7 heteroatoms. The molecule has 0 aliphatic rings. The van der Waals surface area contributed by atoms with Gasteiger partial charge in [0.2, 0.25) is 0 Å². The fourth-order valence-corrected chi connectivity index (χ4v) is 3.40. The predicted octanol–water partition coefficient (Wildman–Crippen LogP) is 3.08. The summed E-state index contributed by atoms with van der Waals surface area (Å²) in [5.41, 5.74) is 1.16. The third kappa shape index (κ3) is 2.81. The molecule has 0 saturated heterocycles. The summed E-state index contributed by atoms with van der Waals surface area (Å²) >= 11 is 5.82. The number of rotatable bonds is 3. The molecule has 1 aromatic carbocycles. The van der Waals surface area contributed by atoms with Crippen molar-refractivity contribution < 1.29 is 8.42 Å². The maximum Gasteiger partial charge on any atom is 0.265 e. The average Bonchev–Trinajstić information content (AvgIpc) is 2.47. The van der Waals surface area contributed by atoms with E-state index in [1.54, 1.807) is 6.07 Å². The van der Waals surface area contributed by atoms with Gasteiger partial charge in [-0.1, -0.05) is 29.8 Å².